The summed E-state index contributed by atoms with van der Waals surface area (Å²) in [5.41, 5.74) is 1.27. The molecule has 2 aliphatic rings. The molecule has 4 atom stereocenters. The largest absolute Gasteiger partial charge is 0.454 e. The van der Waals surface area contributed by atoms with E-state index >= 15 is 0 Å². The second kappa shape index (κ2) is 7.78. The monoisotopic (exact) mass is 348 g/mol. The number of carbonyl (C=O) groups is 3. The molecular weight excluding hydrogens is 324 g/mol. The van der Waals surface area contributed by atoms with Crippen molar-refractivity contribution in [2.24, 2.45) is 11.8 Å². The minimum Gasteiger partial charge on any atom is -0.454 e. The molecule has 0 spiro atoms. The van der Waals surface area contributed by atoms with Crippen molar-refractivity contribution < 1.29 is 29.0 Å². The molecule has 0 unspecified atom stereocenters. The SMILES string of the molecule is C=C1C(=O)O[C@@H]2/C=C(/C)CC/C=C(/C=O)[C@H](OC(=O)C(C)C)[C@@H](O)[C@@H]12. The van der Waals surface area contributed by atoms with Gasteiger partial charge in [0.2, 0.25) is 0 Å². The summed E-state index contributed by atoms with van der Waals surface area (Å²) in [5, 5.41) is 10.9. The van der Waals surface area contributed by atoms with Crippen molar-refractivity contribution in [2.45, 2.75) is 51.9 Å². The fourth-order valence-corrected chi connectivity index (χ4v) is 2.99. The lowest BCUT2D eigenvalue weighted by molar-refractivity contribution is -0.158. The van der Waals surface area contributed by atoms with Crippen molar-refractivity contribution in [3.63, 3.8) is 0 Å². The number of aliphatic hydroxyl groups excluding tert-OH is 1. The minimum absolute atomic E-state index is 0.109. The number of allylic oxidation sites excluding steroid dienone is 2. The summed E-state index contributed by atoms with van der Waals surface area (Å²) >= 11 is 0. The highest BCUT2D eigenvalue weighted by atomic mass is 16.6. The predicted molar refractivity (Wildman–Crippen MR) is 90.4 cm³/mol. The average Bonchev–Trinajstić information content (AvgIpc) is 2.82. The van der Waals surface area contributed by atoms with E-state index in [-0.39, 0.29) is 11.1 Å². The Labute approximate surface area is 147 Å². The van der Waals surface area contributed by atoms with Crippen molar-refractivity contribution in [1.82, 2.24) is 0 Å². The molecule has 1 fully saturated rings. The van der Waals surface area contributed by atoms with Gasteiger partial charge in [0.05, 0.1) is 11.8 Å². The van der Waals surface area contributed by atoms with Crippen LogP contribution in [0.4, 0.5) is 0 Å². The molecule has 6 nitrogen and oxygen atoms in total. The molecule has 0 bridgehead atoms. The van der Waals surface area contributed by atoms with Crippen molar-refractivity contribution in [2.75, 3.05) is 0 Å². The van der Waals surface area contributed by atoms with E-state index in [1.165, 1.54) is 0 Å². The van der Waals surface area contributed by atoms with Crippen LogP contribution in [0.15, 0.2) is 35.5 Å². The smallest absolute Gasteiger partial charge is 0.334 e. The zero-order chi connectivity index (χ0) is 18.7. The standard InChI is InChI=1S/C19H24O6/c1-10(2)18(22)25-17-13(9-20)7-5-6-11(3)8-14-15(16(17)21)12(4)19(23)24-14/h7-10,14-17,21H,4-6H2,1-3H3/b11-8-,13-7-/t14-,15+,16+,17+/m1/s1. The summed E-state index contributed by atoms with van der Waals surface area (Å²) in [7, 11) is 0. The number of carbonyl (C=O) groups excluding carboxylic acids is 3. The molecule has 0 aromatic rings. The second-order valence-electron chi connectivity index (χ2n) is 6.80. The molecule has 0 amide bonds. The van der Waals surface area contributed by atoms with Gasteiger partial charge in [-0.15, -0.1) is 0 Å². The number of aliphatic hydroxyl groups is 1. The number of ether oxygens (including phenoxy) is 2. The van der Waals surface area contributed by atoms with Crippen molar-refractivity contribution in [1.29, 1.82) is 0 Å². The van der Waals surface area contributed by atoms with Crippen molar-refractivity contribution in [3.05, 3.63) is 35.5 Å². The first kappa shape index (κ1) is 19.1. The van der Waals surface area contributed by atoms with Gasteiger partial charge >= 0.3 is 11.9 Å². The molecule has 25 heavy (non-hydrogen) atoms. The highest BCUT2D eigenvalue weighted by Gasteiger charge is 2.46. The predicted octanol–water partition coefficient (Wildman–Crippen LogP) is 1.88. The summed E-state index contributed by atoms with van der Waals surface area (Å²) in [4.78, 5) is 35.5. The quantitative estimate of drug-likeness (QED) is 0.362. The highest BCUT2D eigenvalue weighted by molar-refractivity contribution is 5.91. The Bertz CT molecular complexity index is 642. The lowest BCUT2D eigenvalue weighted by Gasteiger charge is -2.30. The van der Waals surface area contributed by atoms with Crippen LogP contribution in [0, 0.1) is 11.8 Å². The van der Waals surface area contributed by atoms with Crippen molar-refractivity contribution in [3.8, 4) is 0 Å². The maximum Gasteiger partial charge on any atom is 0.334 e. The van der Waals surface area contributed by atoms with Gasteiger partial charge in [0, 0.05) is 11.1 Å². The third kappa shape index (κ3) is 4.07. The summed E-state index contributed by atoms with van der Waals surface area (Å²) in [6, 6.07) is 0. The number of fused-ring (bicyclic) bond motifs is 1. The Balaban J connectivity index is 2.46. The first-order chi connectivity index (χ1) is 11.8. The van der Waals surface area contributed by atoms with E-state index in [1.54, 1.807) is 26.0 Å². The first-order valence-electron chi connectivity index (χ1n) is 8.37. The van der Waals surface area contributed by atoms with Gasteiger partial charge in [-0.05, 0) is 25.8 Å². The van der Waals surface area contributed by atoms with Gasteiger partial charge in [-0.2, -0.15) is 0 Å². The van der Waals surface area contributed by atoms with Crippen LogP contribution in [0.1, 0.15) is 33.6 Å². The molecule has 1 aliphatic carbocycles. The molecule has 0 saturated carbocycles. The third-order valence-electron chi connectivity index (χ3n) is 4.49. The van der Waals surface area contributed by atoms with E-state index in [0.717, 1.165) is 5.57 Å². The Morgan fingerprint density at radius 2 is 2.16 bits per heavy atom. The van der Waals surface area contributed by atoms with Crippen LogP contribution in [0.3, 0.4) is 0 Å². The van der Waals surface area contributed by atoms with Crippen molar-refractivity contribution >= 4 is 18.2 Å². The van der Waals surface area contributed by atoms with Crippen LogP contribution in [-0.4, -0.2) is 41.6 Å². The molecule has 2 rings (SSSR count). The number of esters is 2. The lowest BCUT2D eigenvalue weighted by Crippen LogP contribution is -2.42. The molecule has 0 radical (unpaired) electrons. The number of hydrogen-bond donors (Lipinski definition) is 1. The number of hydrogen-bond acceptors (Lipinski definition) is 6. The van der Waals surface area contributed by atoms with Gasteiger partial charge in [0.25, 0.3) is 0 Å². The number of rotatable bonds is 3. The molecule has 1 aliphatic heterocycles. The van der Waals surface area contributed by atoms with Crippen LogP contribution in [0.2, 0.25) is 0 Å². The Morgan fingerprint density at radius 3 is 2.76 bits per heavy atom. The Hall–Kier alpha value is -2.21. The average molecular weight is 348 g/mol. The van der Waals surface area contributed by atoms with Crippen LogP contribution < -0.4 is 0 Å². The van der Waals surface area contributed by atoms with E-state index < -0.39 is 42.1 Å². The highest BCUT2D eigenvalue weighted by Crippen LogP contribution is 2.35. The van der Waals surface area contributed by atoms with Gasteiger partial charge in [-0.3, -0.25) is 9.59 Å². The maximum absolute atomic E-state index is 12.1. The molecule has 1 saturated heterocycles. The van der Waals surface area contributed by atoms with Gasteiger partial charge in [-0.1, -0.05) is 32.1 Å². The molecule has 1 heterocycles. The van der Waals surface area contributed by atoms with Gasteiger partial charge in [0.1, 0.15) is 18.5 Å². The summed E-state index contributed by atoms with van der Waals surface area (Å²) in [6.45, 7) is 8.93. The van der Waals surface area contributed by atoms with Gasteiger partial charge < -0.3 is 14.6 Å². The minimum atomic E-state index is -1.31. The van der Waals surface area contributed by atoms with Gasteiger partial charge in [-0.25, -0.2) is 4.79 Å². The molecule has 6 heteroatoms. The van der Waals surface area contributed by atoms with Crippen LogP contribution in [0.5, 0.6) is 0 Å². The second-order valence-corrected chi connectivity index (χ2v) is 6.80. The molecule has 1 N–H and O–H groups in total. The Kier molecular flexibility index (Phi) is 5.95. The Morgan fingerprint density at radius 1 is 1.48 bits per heavy atom. The van der Waals surface area contributed by atoms with E-state index in [0.29, 0.717) is 19.1 Å². The summed E-state index contributed by atoms with van der Waals surface area (Å²) in [6.07, 6.45) is 2.05. The molecule has 0 aromatic heterocycles. The van der Waals surface area contributed by atoms with E-state index in [4.69, 9.17) is 9.47 Å². The van der Waals surface area contributed by atoms with Crippen LogP contribution >= 0.6 is 0 Å². The third-order valence-corrected chi connectivity index (χ3v) is 4.49. The van der Waals surface area contributed by atoms with Crippen LogP contribution in [0.25, 0.3) is 0 Å². The van der Waals surface area contributed by atoms with E-state index in [9.17, 15) is 19.5 Å². The summed E-state index contributed by atoms with van der Waals surface area (Å²) < 4.78 is 10.7. The first-order valence-corrected chi connectivity index (χ1v) is 8.37. The van der Waals surface area contributed by atoms with Gasteiger partial charge in [0.15, 0.2) is 6.10 Å². The zero-order valence-corrected chi connectivity index (χ0v) is 14.7. The van der Waals surface area contributed by atoms with Crippen LogP contribution in [-0.2, 0) is 23.9 Å². The lowest BCUT2D eigenvalue weighted by atomic mass is 9.84. The zero-order valence-electron chi connectivity index (χ0n) is 14.7. The topological polar surface area (TPSA) is 89.9 Å². The summed E-state index contributed by atoms with van der Waals surface area (Å²) in [5.74, 6) is -2.33. The van der Waals surface area contributed by atoms with E-state index in [2.05, 4.69) is 6.58 Å². The molecule has 0 aromatic carbocycles. The van der Waals surface area contributed by atoms with E-state index in [1.807, 2.05) is 6.92 Å². The molecular formula is C19H24O6. The fourth-order valence-electron chi connectivity index (χ4n) is 2.99. The number of aldehydes is 1. The maximum atomic E-state index is 12.1. The molecule has 136 valence electrons. The normalized spacial score (nSPS) is 34.3. The fraction of sp³-hybridized carbons (Fsp3) is 0.526.